The van der Waals surface area contributed by atoms with Gasteiger partial charge in [0.05, 0.1) is 0 Å². The van der Waals surface area contributed by atoms with Crippen molar-refractivity contribution in [2.24, 2.45) is 0 Å². The number of aryl methyl sites for hydroxylation is 1. The SMILES string of the molecule is Cc1cccc(CN(C)c2ccc(F)cc2CCl)c1. The zero-order valence-electron chi connectivity index (χ0n) is 11.2. The third kappa shape index (κ3) is 3.48. The number of nitrogens with zero attached hydrogens (tertiary/aromatic N) is 1. The highest BCUT2D eigenvalue weighted by Gasteiger charge is 2.08. The lowest BCUT2D eigenvalue weighted by Gasteiger charge is -2.22. The highest BCUT2D eigenvalue weighted by Crippen LogP contribution is 2.24. The van der Waals surface area contributed by atoms with Gasteiger partial charge in [-0.3, -0.25) is 0 Å². The van der Waals surface area contributed by atoms with Crippen LogP contribution in [0.15, 0.2) is 42.5 Å². The van der Waals surface area contributed by atoms with Crippen molar-refractivity contribution in [3.63, 3.8) is 0 Å². The average Bonchev–Trinajstić information content (AvgIpc) is 2.38. The topological polar surface area (TPSA) is 3.24 Å². The molecule has 0 spiro atoms. The van der Waals surface area contributed by atoms with E-state index in [-0.39, 0.29) is 5.82 Å². The van der Waals surface area contributed by atoms with E-state index in [1.165, 1.54) is 23.3 Å². The molecule has 0 unspecified atom stereocenters. The Morgan fingerprint density at radius 3 is 2.63 bits per heavy atom. The molecule has 0 saturated heterocycles. The summed E-state index contributed by atoms with van der Waals surface area (Å²) in [7, 11) is 1.99. The van der Waals surface area contributed by atoms with Gasteiger partial charge in [0.2, 0.25) is 0 Å². The van der Waals surface area contributed by atoms with Gasteiger partial charge in [-0.25, -0.2) is 4.39 Å². The van der Waals surface area contributed by atoms with Gasteiger partial charge in [-0.1, -0.05) is 29.8 Å². The van der Waals surface area contributed by atoms with Gasteiger partial charge >= 0.3 is 0 Å². The maximum absolute atomic E-state index is 13.2. The van der Waals surface area contributed by atoms with Crippen molar-refractivity contribution in [1.82, 2.24) is 0 Å². The summed E-state index contributed by atoms with van der Waals surface area (Å²) in [5.74, 6) is 0.0639. The molecule has 0 aliphatic rings. The van der Waals surface area contributed by atoms with Gasteiger partial charge < -0.3 is 4.90 Å². The van der Waals surface area contributed by atoms with E-state index in [0.717, 1.165) is 17.8 Å². The van der Waals surface area contributed by atoms with E-state index in [0.29, 0.717) is 5.88 Å². The summed E-state index contributed by atoms with van der Waals surface area (Å²) in [6.45, 7) is 2.85. The molecule has 0 atom stereocenters. The summed E-state index contributed by atoms with van der Waals surface area (Å²) < 4.78 is 13.2. The Morgan fingerprint density at radius 1 is 1.16 bits per heavy atom. The van der Waals surface area contributed by atoms with Crippen LogP contribution in [0.25, 0.3) is 0 Å². The summed E-state index contributed by atoms with van der Waals surface area (Å²) in [5.41, 5.74) is 4.25. The zero-order chi connectivity index (χ0) is 13.8. The minimum absolute atomic E-state index is 0.247. The molecule has 2 aromatic rings. The summed E-state index contributed by atoms with van der Waals surface area (Å²) >= 11 is 5.88. The predicted octanol–water partition coefficient (Wildman–Crippen LogP) is 4.51. The van der Waals surface area contributed by atoms with Crippen molar-refractivity contribution in [2.75, 3.05) is 11.9 Å². The standard InChI is InChI=1S/C16H17ClFN/c1-12-4-3-5-13(8-12)11-19(2)16-7-6-15(18)9-14(16)10-17/h3-9H,10-11H2,1-2H3. The van der Waals surface area contributed by atoms with Crippen LogP contribution in [-0.4, -0.2) is 7.05 Å². The van der Waals surface area contributed by atoms with Gasteiger partial charge in [0.15, 0.2) is 0 Å². The van der Waals surface area contributed by atoms with Crippen LogP contribution in [-0.2, 0) is 12.4 Å². The zero-order valence-corrected chi connectivity index (χ0v) is 11.9. The summed E-state index contributed by atoms with van der Waals surface area (Å²) in [6, 6.07) is 13.1. The van der Waals surface area contributed by atoms with Crippen LogP contribution >= 0.6 is 11.6 Å². The van der Waals surface area contributed by atoms with Crippen LogP contribution in [0, 0.1) is 12.7 Å². The lowest BCUT2D eigenvalue weighted by molar-refractivity contribution is 0.626. The van der Waals surface area contributed by atoms with Crippen molar-refractivity contribution in [3.8, 4) is 0 Å². The molecule has 0 N–H and O–H groups in total. The molecule has 0 heterocycles. The first-order valence-electron chi connectivity index (χ1n) is 6.21. The summed E-state index contributed by atoms with van der Waals surface area (Å²) in [6.07, 6.45) is 0. The molecule has 0 bridgehead atoms. The fourth-order valence-electron chi connectivity index (χ4n) is 2.20. The molecule has 0 fully saturated rings. The van der Waals surface area contributed by atoms with Crippen LogP contribution in [0.1, 0.15) is 16.7 Å². The van der Waals surface area contributed by atoms with Gasteiger partial charge in [-0.15, -0.1) is 11.6 Å². The number of anilines is 1. The van der Waals surface area contributed by atoms with Gasteiger partial charge in [0.25, 0.3) is 0 Å². The number of benzene rings is 2. The molecule has 0 aliphatic carbocycles. The van der Waals surface area contributed by atoms with E-state index in [9.17, 15) is 4.39 Å². The minimum atomic E-state index is -0.247. The van der Waals surface area contributed by atoms with E-state index in [2.05, 4.69) is 30.0 Å². The van der Waals surface area contributed by atoms with Crippen molar-refractivity contribution < 1.29 is 4.39 Å². The number of halogens is 2. The fraction of sp³-hybridized carbons (Fsp3) is 0.250. The molecule has 3 heteroatoms. The van der Waals surface area contributed by atoms with Crippen molar-refractivity contribution in [3.05, 3.63) is 65.0 Å². The monoisotopic (exact) mass is 277 g/mol. The molecule has 0 amide bonds. The number of hydrogen-bond acceptors (Lipinski definition) is 1. The van der Waals surface area contributed by atoms with E-state index in [4.69, 9.17) is 11.6 Å². The first-order chi connectivity index (χ1) is 9.10. The van der Waals surface area contributed by atoms with Crippen LogP contribution in [0.2, 0.25) is 0 Å². The number of hydrogen-bond donors (Lipinski definition) is 0. The Labute approximate surface area is 118 Å². The summed E-state index contributed by atoms with van der Waals surface area (Å²) in [5, 5.41) is 0. The lowest BCUT2D eigenvalue weighted by Crippen LogP contribution is -2.18. The molecule has 0 aromatic heterocycles. The van der Waals surface area contributed by atoms with E-state index >= 15 is 0 Å². The molecule has 0 saturated carbocycles. The fourth-order valence-corrected chi connectivity index (χ4v) is 2.42. The normalized spacial score (nSPS) is 10.5. The van der Waals surface area contributed by atoms with Gasteiger partial charge in [-0.2, -0.15) is 0 Å². The lowest BCUT2D eigenvalue weighted by atomic mass is 10.1. The quantitative estimate of drug-likeness (QED) is 0.743. The Hall–Kier alpha value is -1.54. The molecule has 2 rings (SSSR count). The maximum Gasteiger partial charge on any atom is 0.123 e. The van der Waals surface area contributed by atoms with Crippen LogP contribution < -0.4 is 4.90 Å². The van der Waals surface area contributed by atoms with Crippen molar-refractivity contribution in [1.29, 1.82) is 0 Å². The molecular weight excluding hydrogens is 261 g/mol. The van der Waals surface area contributed by atoms with Crippen LogP contribution in [0.3, 0.4) is 0 Å². The second-order valence-corrected chi connectivity index (χ2v) is 5.02. The van der Waals surface area contributed by atoms with Crippen molar-refractivity contribution >= 4 is 17.3 Å². The van der Waals surface area contributed by atoms with E-state index in [1.807, 2.05) is 13.1 Å². The predicted molar refractivity (Wildman–Crippen MR) is 79.2 cm³/mol. The first-order valence-corrected chi connectivity index (χ1v) is 6.74. The third-order valence-corrected chi connectivity index (χ3v) is 3.39. The highest BCUT2D eigenvalue weighted by molar-refractivity contribution is 6.17. The molecule has 0 aliphatic heterocycles. The second-order valence-electron chi connectivity index (χ2n) is 4.75. The molecule has 1 nitrogen and oxygen atoms in total. The van der Waals surface area contributed by atoms with E-state index in [1.54, 1.807) is 6.07 Å². The molecule has 2 aromatic carbocycles. The van der Waals surface area contributed by atoms with Gasteiger partial charge in [-0.05, 0) is 36.2 Å². The van der Waals surface area contributed by atoms with Gasteiger partial charge in [0, 0.05) is 25.2 Å². The first kappa shape index (κ1) is 13.9. The largest absolute Gasteiger partial charge is 0.370 e. The van der Waals surface area contributed by atoms with E-state index < -0.39 is 0 Å². The maximum atomic E-state index is 13.2. The molecular formula is C16H17ClFN. The number of alkyl halides is 1. The Balaban J connectivity index is 2.22. The molecule has 100 valence electrons. The van der Waals surface area contributed by atoms with Crippen molar-refractivity contribution in [2.45, 2.75) is 19.3 Å². The molecule has 0 radical (unpaired) electrons. The Bertz CT molecular complexity index is 568. The molecule has 19 heavy (non-hydrogen) atoms. The number of rotatable bonds is 4. The Morgan fingerprint density at radius 2 is 1.95 bits per heavy atom. The Kier molecular flexibility index (Phi) is 4.43. The van der Waals surface area contributed by atoms with Crippen LogP contribution in [0.4, 0.5) is 10.1 Å². The van der Waals surface area contributed by atoms with Gasteiger partial charge in [0.1, 0.15) is 5.82 Å². The highest BCUT2D eigenvalue weighted by atomic mass is 35.5. The average molecular weight is 278 g/mol. The summed E-state index contributed by atoms with van der Waals surface area (Å²) in [4.78, 5) is 2.09. The second kappa shape index (κ2) is 6.07. The smallest absolute Gasteiger partial charge is 0.123 e. The third-order valence-electron chi connectivity index (χ3n) is 3.10. The van der Waals surface area contributed by atoms with Crippen LogP contribution in [0.5, 0.6) is 0 Å². The minimum Gasteiger partial charge on any atom is -0.370 e.